The summed E-state index contributed by atoms with van der Waals surface area (Å²) in [7, 11) is 1.86. The molecule has 2 aromatic heterocycles. The van der Waals surface area contributed by atoms with Crippen molar-refractivity contribution in [2.45, 2.75) is 58.7 Å². The highest BCUT2D eigenvalue weighted by atomic mass is 16.5. The van der Waals surface area contributed by atoms with E-state index in [1.165, 1.54) is 11.1 Å². The Balaban J connectivity index is 1.51. The summed E-state index contributed by atoms with van der Waals surface area (Å²) in [6.45, 7) is 10.4. The van der Waals surface area contributed by atoms with E-state index in [0.717, 1.165) is 45.7 Å². The second-order valence-corrected chi connectivity index (χ2v) is 10.7. The second-order valence-electron chi connectivity index (χ2n) is 10.7. The molecule has 2 aromatic carbocycles. The first-order chi connectivity index (χ1) is 17.6. The molecule has 37 heavy (non-hydrogen) atoms. The van der Waals surface area contributed by atoms with Gasteiger partial charge < -0.3 is 9.84 Å². The number of carboxylic acids is 1. The summed E-state index contributed by atoms with van der Waals surface area (Å²) in [4.78, 5) is 18.9. The number of hydrogen-bond acceptors (Lipinski definition) is 6. The van der Waals surface area contributed by atoms with Crippen LogP contribution >= 0.6 is 0 Å². The molecule has 1 aliphatic rings. The van der Waals surface area contributed by atoms with Crippen molar-refractivity contribution < 1.29 is 14.6 Å². The van der Waals surface area contributed by atoms with E-state index in [0.29, 0.717) is 13.1 Å². The Kier molecular flexibility index (Phi) is 6.45. The number of fused-ring (bicyclic) bond motifs is 2. The minimum Gasteiger partial charge on any atom is -0.485 e. The zero-order valence-corrected chi connectivity index (χ0v) is 22.0. The van der Waals surface area contributed by atoms with Crippen LogP contribution in [0.3, 0.4) is 0 Å². The van der Waals surface area contributed by atoms with Gasteiger partial charge in [-0.2, -0.15) is 0 Å². The molecule has 0 bridgehead atoms. The molecule has 0 saturated carbocycles. The number of nitrogens with zero attached hydrogens (tertiary/aromatic N) is 5. The number of aromatic nitrogens is 4. The fourth-order valence-electron chi connectivity index (χ4n) is 5.41. The fourth-order valence-corrected chi connectivity index (χ4v) is 5.41. The molecular formula is C29H33N5O3. The number of carboxylic acid groups (broad SMARTS) is 1. The van der Waals surface area contributed by atoms with Crippen LogP contribution in [0.4, 0.5) is 0 Å². The summed E-state index contributed by atoms with van der Waals surface area (Å²) < 4.78 is 8.01. The largest absolute Gasteiger partial charge is 0.485 e. The number of ether oxygens (including phenoxy) is 1. The highest BCUT2D eigenvalue weighted by molar-refractivity contribution is 5.80. The maximum atomic E-state index is 12.0. The molecule has 8 nitrogen and oxygen atoms in total. The summed E-state index contributed by atoms with van der Waals surface area (Å²) in [5, 5.41) is 18.3. The van der Waals surface area contributed by atoms with Crippen LogP contribution in [-0.2, 0) is 24.9 Å². The first kappa shape index (κ1) is 24.9. The van der Waals surface area contributed by atoms with Crippen LogP contribution in [0.2, 0.25) is 0 Å². The van der Waals surface area contributed by atoms with Crippen molar-refractivity contribution in [3.8, 4) is 5.75 Å². The van der Waals surface area contributed by atoms with Crippen molar-refractivity contribution in [3.63, 3.8) is 0 Å². The first-order valence-electron chi connectivity index (χ1n) is 12.6. The second kappa shape index (κ2) is 9.59. The van der Waals surface area contributed by atoms with E-state index in [1.807, 2.05) is 38.2 Å². The van der Waals surface area contributed by atoms with Crippen LogP contribution in [0.5, 0.6) is 5.75 Å². The van der Waals surface area contributed by atoms with Crippen LogP contribution < -0.4 is 4.74 Å². The van der Waals surface area contributed by atoms with Gasteiger partial charge in [-0.25, -0.2) is 4.68 Å². The fraction of sp³-hybridized carbons (Fsp3) is 0.379. The third kappa shape index (κ3) is 5.06. The number of hydrogen-bond donors (Lipinski definition) is 1. The number of carbonyl (C=O) groups is 1. The Labute approximate surface area is 216 Å². The van der Waals surface area contributed by atoms with E-state index >= 15 is 0 Å². The van der Waals surface area contributed by atoms with Crippen molar-refractivity contribution in [1.29, 1.82) is 0 Å². The lowest BCUT2D eigenvalue weighted by molar-refractivity contribution is -0.137. The summed E-state index contributed by atoms with van der Waals surface area (Å²) in [6, 6.07) is 14.2. The number of rotatable bonds is 6. The van der Waals surface area contributed by atoms with Gasteiger partial charge >= 0.3 is 5.97 Å². The van der Waals surface area contributed by atoms with E-state index in [2.05, 4.69) is 59.2 Å². The lowest BCUT2D eigenvalue weighted by Crippen LogP contribution is -2.40. The van der Waals surface area contributed by atoms with Gasteiger partial charge in [0.25, 0.3) is 0 Å². The van der Waals surface area contributed by atoms with Crippen LogP contribution in [-0.4, -0.2) is 48.1 Å². The Morgan fingerprint density at radius 1 is 1.19 bits per heavy atom. The van der Waals surface area contributed by atoms with Crippen LogP contribution in [0.1, 0.15) is 59.7 Å². The summed E-state index contributed by atoms with van der Waals surface area (Å²) in [5.41, 5.74) is 7.55. The molecule has 8 heteroatoms. The molecule has 0 spiro atoms. The van der Waals surface area contributed by atoms with Gasteiger partial charge in [0.05, 0.1) is 17.6 Å². The summed E-state index contributed by atoms with van der Waals surface area (Å²) in [6.07, 6.45) is 1.80. The third-order valence-corrected chi connectivity index (χ3v) is 7.22. The molecule has 4 aromatic rings. The Morgan fingerprint density at radius 2 is 2.00 bits per heavy atom. The monoisotopic (exact) mass is 499 g/mol. The van der Waals surface area contributed by atoms with E-state index < -0.39 is 5.97 Å². The molecule has 192 valence electrons. The van der Waals surface area contributed by atoms with E-state index in [-0.39, 0.29) is 17.9 Å². The van der Waals surface area contributed by atoms with Crippen molar-refractivity contribution in [2.75, 3.05) is 6.54 Å². The van der Waals surface area contributed by atoms with Gasteiger partial charge in [-0.15, -0.1) is 5.10 Å². The number of aliphatic carboxylic acids is 1. The van der Waals surface area contributed by atoms with E-state index in [1.54, 1.807) is 10.9 Å². The van der Waals surface area contributed by atoms with Gasteiger partial charge in [0.15, 0.2) is 0 Å². The molecule has 0 saturated heterocycles. The average Bonchev–Trinajstić information content (AvgIpc) is 3.15. The lowest BCUT2D eigenvalue weighted by Gasteiger charge is -2.30. The van der Waals surface area contributed by atoms with Crippen molar-refractivity contribution >= 4 is 17.0 Å². The number of aryl methyl sites for hydroxylation is 3. The van der Waals surface area contributed by atoms with Crippen molar-refractivity contribution in [3.05, 3.63) is 82.2 Å². The predicted molar refractivity (Wildman–Crippen MR) is 142 cm³/mol. The number of pyridine rings is 1. The third-order valence-electron chi connectivity index (χ3n) is 7.22. The Hall–Kier alpha value is -3.78. The highest BCUT2D eigenvalue weighted by Crippen LogP contribution is 2.35. The van der Waals surface area contributed by atoms with Gasteiger partial charge in [-0.3, -0.25) is 14.7 Å². The molecule has 0 aliphatic carbocycles. The summed E-state index contributed by atoms with van der Waals surface area (Å²) >= 11 is 0. The van der Waals surface area contributed by atoms with Gasteiger partial charge in [0.1, 0.15) is 16.9 Å². The summed E-state index contributed by atoms with van der Waals surface area (Å²) in [5.74, 6) is -0.300. The molecule has 1 N–H and O–H groups in total. The Morgan fingerprint density at radius 3 is 2.78 bits per heavy atom. The van der Waals surface area contributed by atoms with E-state index in [9.17, 15) is 9.90 Å². The van der Waals surface area contributed by atoms with Gasteiger partial charge in [0.2, 0.25) is 0 Å². The SMILES string of the molecule is Cc1ccc([C@H](CC(=O)O)c2ccc3c(nnn3C)c2C)cc1CN1Cc2ncccc2OC(C)(C)C1. The molecule has 1 aliphatic heterocycles. The Bertz CT molecular complexity index is 1480. The maximum absolute atomic E-state index is 12.0. The molecule has 1 atom stereocenters. The van der Waals surface area contributed by atoms with Gasteiger partial charge in [0, 0.05) is 38.8 Å². The molecule has 0 unspecified atom stereocenters. The maximum Gasteiger partial charge on any atom is 0.304 e. The minimum atomic E-state index is -0.833. The topological polar surface area (TPSA) is 93.4 Å². The zero-order chi connectivity index (χ0) is 26.3. The van der Waals surface area contributed by atoms with Gasteiger partial charge in [-0.1, -0.05) is 29.5 Å². The standard InChI is InChI=1S/C29H33N5O3/c1-18-8-9-20(23(14-27(35)36)22-10-11-25-28(19(22)2)31-32-33(25)5)13-21(18)15-34-16-24-26(7-6-12-30-24)37-29(3,4)17-34/h6-13,23H,14-17H2,1-5H3,(H,35,36)/t23-/m0/s1. The highest BCUT2D eigenvalue weighted by Gasteiger charge is 2.30. The van der Waals surface area contributed by atoms with Crippen molar-refractivity contribution in [2.24, 2.45) is 7.05 Å². The minimum absolute atomic E-state index is 0.00299. The smallest absolute Gasteiger partial charge is 0.304 e. The molecule has 0 fully saturated rings. The molecular weight excluding hydrogens is 466 g/mol. The van der Waals surface area contributed by atoms with Crippen LogP contribution in [0.15, 0.2) is 48.7 Å². The lowest BCUT2D eigenvalue weighted by atomic mass is 9.84. The van der Waals surface area contributed by atoms with Crippen molar-refractivity contribution in [1.82, 2.24) is 24.9 Å². The number of benzene rings is 2. The predicted octanol–water partition coefficient (Wildman–Crippen LogP) is 4.76. The first-order valence-corrected chi connectivity index (χ1v) is 12.6. The molecule has 3 heterocycles. The van der Waals surface area contributed by atoms with E-state index in [4.69, 9.17) is 4.74 Å². The molecule has 0 amide bonds. The molecule has 0 radical (unpaired) electrons. The van der Waals surface area contributed by atoms with Gasteiger partial charge in [-0.05, 0) is 73.7 Å². The molecule has 5 rings (SSSR count). The van der Waals surface area contributed by atoms with Crippen LogP contribution in [0.25, 0.3) is 11.0 Å². The normalized spacial score (nSPS) is 16.1. The average molecular weight is 500 g/mol. The van der Waals surface area contributed by atoms with Crippen LogP contribution in [0, 0.1) is 13.8 Å². The quantitative estimate of drug-likeness (QED) is 0.409. The zero-order valence-electron chi connectivity index (χ0n) is 22.0.